The van der Waals surface area contributed by atoms with Gasteiger partial charge < -0.3 is 19.7 Å². The van der Waals surface area contributed by atoms with Gasteiger partial charge in [-0.1, -0.05) is 18.2 Å². The Kier molecular flexibility index (Phi) is 9.12. The topological polar surface area (TPSA) is 102 Å². The number of pyridine rings is 1. The normalized spacial score (nSPS) is 10.8. The Balaban J connectivity index is 2.02. The molecule has 0 spiro atoms. The number of halogens is 2. The second-order valence-electron chi connectivity index (χ2n) is 8.33. The highest BCUT2D eigenvalue weighted by Gasteiger charge is 2.19. The third-order valence-electron chi connectivity index (χ3n) is 6.12. The number of nitrogens with one attached hydrogen (secondary N) is 2. The van der Waals surface area contributed by atoms with Gasteiger partial charge in [0.2, 0.25) is 0 Å². The summed E-state index contributed by atoms with van der Waals surface area (Å²) in [5.41, 5.74) is 7.68. The van der Waals surface area contributed by atoms with E-state index in [2.05, 4.69) is 15.6 Å². The maximum Gasteiger partial charge on any atom is 0.333 e. The van der Waals surface area contributed by atoms with Crippen molar-refractivity contribution in [3.05, 3.63) is 66.7 Å². The number of methoxy groups -OCH3 is 2. The van der Waals surface area contributed by atoms with Gasteiger partial charge in [0, 0.05) is 52.7 Å². The molecule has 0 unspecified atom stereocenters. The number of rotatable bonds is 10. The van der Waals surface area contributed by atoms with Crippen molar-refractivity contribution >= 4 is 51.5 Å². The predicted molar refractivity (Wildman–Crippen MR) is 156 cm³/mol. The van der Waals surface area contributed by atoms with Gasteiger partial charge in [-0.3, -0.25) is 5.43 Å². The van der Waals surface area contributed by atoms with E-state index in [1.54, 1.807) is 14.2 Å². The fourth-order valence-electron chi connectivity index (χ4n) is 4.38. The molecule has 4 rings (SSSR count). The summed E-state index contributed by atoms with van der Waals surface area (Å²) in [4.78, 5) is 19.1. The number of hydrazine groups is 1. The number of carbonyl (C=O) groups excluding carboxylic acids is 1. The molecule has 198 valence electrons. The molecule has 1 aromatic heterocycles. The van der Waals surface area contributed by atoms with Crippen LogP contribution in [0.2, 0.25) is 0 Å². The summed E-state index contributed by atoms with van der Waals surface area (Å²) in [5, 5.41) is 3.70. The molecule has 2 amide bonds. The lowest BCUT2D eigenvalue weighted by molar-refractivity contribution is 0.252. The fraction of sp³-hybridized carbons (Fsp3) is 0.214. The predicted octanol–water partition coefficient (Wildman–Crippen LogP) is 5.87. The lowest BCUT2D eigenvalue weighted by atomic mass is 9.95. The molecule has 3 aromatic carbocycles. The maximum absolute atomic E-state index is 12.0. The summed E-state index contributed by atoms with van der Waals surface area (Å²) in [6.45, 7) is 1.19. The molecule has 0 aliphatic rings. The van der Waals surface area contributed by atoms with Crippen LogP contribution in [0.4, 0.5) is 16.2 Å². The van der Waals surface area contributed by atoms with E-state index in [9.17, 15) is 4.79 Å². The summed E-state index contributed by atoms with van der Waals surface area (Å²) in [6.07, 6.45) is 0. The number of nitrogens with two attached hydrogens (primary N) is 1. The quantitative estimate of drug-likeness (QED) is 0.0982. The largest absolute Gasteiger partial charge is 0.497 e. The van der Waals surface area contributed by atoms with Crippen molar-refractivity contribution in [3.8, 4) is 33.9 Å². The molecular formula is C28H29Cl2N5O3. The molecule has 8 nitrogen and oxygen atoms in total. The third kappa shape index (κ3) is 5.88. The first-order chi connectivity index (χ1) is 18.5. The Morgan fingerprint density at radius 1 is 0.921 bits per heavy atom. The van der Waals surface area contributed by atoms with E-state index in [0.717, 1.165) is 33.3 Å². The Morgan fingerprint density at radius 2 is 1.68 bits per heavy atom. The van der Waals surface area contributed by atoms with Crippen LogP contribution in [0.1, 0.15) is 0 Å². The minimum atomic E-state index is -0.525. The van der Waals surface area contributed by atoms with Gasteiger partial charge in [-0.15, -0.1) is 23.2 Å². The molecule has 1 heterocycles. The first-order valence-corrected chi connectivity index (χ1v) is 13.0. The van der Waals surface area contributed by atoms with E-state index >= 15 is 0 Å². The van der Waals surface area contributed by atoms with Crippen LogP contribution in [0.3, 0.4) is 0 Å². The lowest BCUT2D eigenvalue weighted by Crippen LogP contribution is -2.34. The first-order valence-electron chi connectivity index (χ1n) is 11.9. The molecule has 0 aliphatic carbocycles. The zero-order valence-corrected chi connectivity index (χ0v) is 22.6. The number of fused-ring (bicyclic) bond motifs is 1. The molecule has 4 aromatic rings. The number of alkyl halides is 2. The standard InChI is InChI=1S/C28H29Cl2N5O3/c1-37-19-8-10-27(38-2)23(16-19)25-17-21(20-5-3-4-6-24(20)33-25)22-15-18(32-28(36)34-31)7-9-26(22)35(13-11-29)14-12-30/h3-10,15-17H,11-14,31H2,1-2H3,(H2,32,34,36). The maximum atomic E-state index is 12.0. The van der Waals surface area contributed by atoms with Gasteiger partial charge in [0.25, 0.3) is 0 Å². The summed E-state index contributed by atoms with van der Waals surface area (Å²) in [5.74, 6) is 7.51. The number of urea groups is 1. The monoisotopic (exact) mass is 553 g/mol. The average molecular weight is 554 g/mol. The van der Waals surface area contributed by atoms with Gasteiger partial charge in [0.1, 0.15) is 11.5 Å². The molecule has 38 heavy (non-hydrogen) atoms. The molecule has 10 heteroatoms. The highest BCUT2D eigenvalue weighted by molar-refractivity contribution is 6.18. The van der Waals surface area contributed by atoms with Crippen molar-refractivity contribution in [3.63, 3.8) is 0 Å². The van der Waals surface area contributed by atoms with E-state index < -0.39 is 6.03 Å². The van der Waals surface area contributed by atoms with Crippen LogP contribution in [0.5, 0.6) is 11.5 Å². The van der Waals surface area contributed by atoms with Gasteiger partial charge in [-0.2, -0.15) is 0 Å². The number of carbonyl (C=O) groups is 1. The van der Waals surface area contributed by atoms with Crippen LogP contribution in [0.25, 0.3) is 33.3 Å². The highest BCUT2D eigenvalue weighted by atomic mass is 35.5. The fourth-order valence-corrected chi connectivity index (χ4v) is 4.79. The Labute approximate surface area is 231 Å². The smallest absolute Gasteiger partial charge is 0.333 e. The van der Waals surface area contributed by atoms with Crippen LogP contribution in [0, 0.1) is 0 Å². The average Bonchev–Trinajstić information content (AvgIpc) is 2.96. The lowest BCUT2D eigenvalue weighted by Gasteiger charge is -2.27. The SMILES string of the molecule is COc1ccc(OC)c(-c2cc(-c3cc(NC(=O)NN)ccc3N(CCCl)CCCl)c3ccccc3n2)c1. The molecule has 0 aliphatic heterocycles. The van der Waals surface area contributed by atoms with Gasteiger partial charge in [0.05, 0.1) is 25.4 Å². The van der Waals surface area contributed by atoms with Gasteiger partial charge >= 0.3 is 6.03 Å². The zero-order valence-electron chi connectivity index (χ0n) is 21.1. The highest BCUT2D eigenvalue weighted by Crippen LogP contribution is 2.41. The van der Waals surface area contributed by atoms with E-state index in [4.69, 9.17) is 43.5 Å². The Morgan fingerprint density at radius 3 is 2.37 bits per heavy atom. The molecule has 0 radical (unpaired) electrons. The van der Waals surface area contributed by atoms with Crippen LogP contribution in [-0.2, 0) is 0 Å². The van der Waals surface area contributed by atoms with Crippen molar-refractivity contribution in [1.29, 1.82) is 0 Å². The van der Waals surface area contributed by atoms with Gasteiger partial charge in [-0.25, -0.2) is 15.6 Å². The van der Waals surface area contributed by atoms with Crippen molar-refractivity contribution in [2.45, 2.75) is 0 Å². The van der Waals surface area contributed by atoms with E-state index in [-0.39, 0.29) is 0 Å². The molecule has 4 N–H and O–H groups in total. The number of para-hydroxylation sites is 1. The molecule has 0 atom stereocenters. The summed E-state index contributed by atoms with van der Waals surface area (Å²) >= 11 is 12.3. The number of anilines is 2. The van der Waals surface area contributed by atoms with E-state index in [1.807, 2.05) is 66.7 Å². The second-order valence-corrected chi connectivity index (χ2v) is 9.09. The minimum absolute atomic E-state index is 0.426. The van der Waals surface area contributed by atoms with E-state index in [1.165, 1.54) is 0 Å². The second kappa shape index (κ2) is 12.7. The third-order valence-corrected chi connectivity index (χ3v) is 6.46. The number of aromatic nitrogens is 1. The van der Waals surface area contributed by atoms with Crippen LogP contribution in [0.15, 0.2) is 66.7 Å². The summed E-state index contributed by atoms with van der Waals surface area (Å²) in [6, 6.07) is 20.7. The zero-order chi connectivity index (χ0) is 27.1. The van der Waals surface area contributed by atoms with E-state index in [0.29, 0.717) is 47.7 Å². The van der Waals surface area contributed by atoms with Crippen LogP contribution >= 0.6 is 23.2 Å². The summed E-state index contributed by atoms with van der Waals surface area (Å²) in [7, 11) is 3.24. The van der Waals surface area contributed by atoms with Gasteiger partial charge in [0.15, 0.2) is 0 Å². The number of benzene rings is 3. The molecule has 0 saturated carbocycles. The van der Waals surface area contributed by atoms with Crippen molar-refractivity contribution < 1.29 is 14.3 Å². The number of hydrogen-bond acceptors (Lipinski definition) is 6. The van der Waals surface area contributed by atoms with Crippen LogP contribution < -0.4 is 31.0 Å². The number of ether oxygens (including phenoxy) is 2. The van der Waals surface area contributed by atoms with Gasteiger partial charge in [-0.05, 0) is 54.1 Å². The minimum Gasteiger partial charge on any atom is -0.497 e. The number of nitrogens with zero attached hydrogens (tertiary/aromatic N) is 2. The van der Waals surface area contributed by atoms with Crippen molar-refractivity contribution in [2.75, 3.05) is 49.3 Å². The number of amides is 2. The molecule has 0 fully saturated rings. The number of hydrogen-bond donors (Lipinski definition) is 3. The van der Waals surface area contributed by atoms with Crippen LogP contribution in [-0.4, -0.2) is 50.1 Å². The van der Waals surface area contributed by atoms with Crippen molar-refractivity contribution in [1.82, 2.24) is 10.4 Å². The Bertz CT molecular complexity index is 1430. The first kappa shape index (κ1) is 27.3. The summed E-state index contributed by atoms with van der Waals surface area (Å²) < 4.78 is 11.1. The van der Waals surface area contributed by atoms with Crippen molar-refractivity contribution in [2.24, 2.45) is 5.84 Å². The molecular weight excluding hydrogens is 525 g/mol. The Hall–Kier alpha value is -3.72. The molecule has 0 bridgehead atoms. The molecule has 0 saturated heterocycles.